The Morgan fingerprint density at radius 3 is 2.46 bits per heavy atom. The van der Waals surface area contributed by atoms with Gasteiger partial charge in [-0.05, 0) is 68.4 Å². The molecule has 1 aliphatic heterocycles. The third-order valence-corrected chi connectivity index (χ3v) is 6.92. The fourth-order valence-electron chi connectivity index (χ4n) is 4.65. The molecule has 0 aliphatic carbocycles. The number of aromatic nitrogens is 1. The lowest BCUT2D eigenvalue weighted by molar-refractivity contribution is -0.253. The first-order chi connectivity index (χ1) is 18.6. The van der Waals surface area contributed by atoms with Crippen LogP contribution in [0.4, 0.5) is 22.4 Å². The minimum atomic E-state index is -4.70. The van der Waals surface area contributed by atoms with Gasteiger partial charge in [-0.15, -0.1) is 0 Å². The summed E-state index contributed by atoms with van der Waals surface area (Å²) in [5, 5.41) is 6.42. The van der Waals surface area contributed by atoms with Gasteiger partial charge in [0.2, 0.25) is 0 Å². The zero-order chi connectivity index (χ0) is 28.0. The summed E-state index contributed by atoms with van der Waals surface area (Å²) in [6, 6.07) is 17.3. The summed E-state index contributed by atoms with van der Waals surface area (Å²) in [6.07, 6.45) is -5.61. The smallest absolute Gasteiger partial charge is 0.428 e. The fourth-order valence-corrected chi connectivity index (χ4v) is 4.76. The summed E-state index contributed by atoms with van der Waals surface area (Å²) in [5.74, 6) is -0.485. The number of carbonyl (C=O) groups is 1. The van der Waals surface area contributed by atoms with E-state index >= 15 is 0 Å². The van der Waals surface area contributed by atoms with Crippen LogP contribution < -0.4 is 15.4 Å². The van der Waals surface area contributed by atoms with Crippen LogP contribution in [0, 0.1) is 0 Å². The molecule has 208 valence electrons. The van der Waals surface area contributed by atoms with Crippen molar-refractivity contribution in [1.29, 1.82) is 0 Å². The predicted octanol–water partition coefficient (Wildman–Crippen LogP) is 5.85. The number of piperidine rings is 1. The van der Waals surface area contributed by atoms with Crippen LogP contribution in [0.25, 0.3) is 0 Å². The Kier molecular flexibility index (Phi) is 8.97. The first-order valence-corrected chi connectivity index (χ1v) is 12.8. The van der Waals surface area contributed by atoms with Gasteiger partial charge in [0.25, 0.3) is 0 Å². The number of hydrogen-bond donors (Lipinski definition) is 2. The number of nitrogens with zero attached hydrogens (tertiary/aromatic N) is 2. The first-order valence-electron chi connectivity index (χ1n) is 12.5. The van der Waals surface area contributed by atoms with Gasteiger partial charge in [-0.25, -0.2) is 4.79 Å². The molecule has 4 rings (SSSR count). The minimum absolute atomic E-state index is 0.0618. The van der Waals surface area contributed by atoms with Gasteiger partial charge in [0, 0.05) is 18.7 Å². The van der Waals surface area contributed by atoms with Crippen LogP contribution in [-0.4, -0.2) is 54.6 Å². The summed E-state index contributed by atoms with van der Waals surface area (Å²) in [6.45, 7) is 1.66. The van der Waals surface area contributed by atoms with Crippen LogP contribution >= 0.6 is 11.6 Å². The molecule has 39 heavy (non-hydrogen) atoms. The van der Waals surface area contributed by atoms with Crippen molar-refractivity contribution in [2.24, 2.45) is 0 Å². The molecule has 0 bridgehead atoms. The summed E-state index contributed by atoms with van der Waals surface area (Å²) in [4.78, 5) is 20.1. The molecule has 2 amide bonds. The number of likely N-dealkylation sites (tertiary alicyclic amines) is 1. The average molecular weight is 565 g/mol. The highest BCUT2D eigenvalue weighted by Gasteiger charge is 2.45. The number of amides is 2. The monoisotopic (exact) mass is 564 g/mol. The molecule has 1 aliphatic rings. The van der Waals surface area contributed by atoms with Crippen LogP contribution in [0.5, 0.6) is 5.75 Å². The van der Waals surface area contributed by atoms with Gasteiger partial charge in [-0.3, -0.25) is 4.98 Å². The Labute approximate surface area is 229 Å². The fraction of sp³-hybridized carbons (Fsp3) is 0.357. The van der Waals surface area contributed by atoms with Crippen molar-refractivity contribution < 1.29 is 27.1 Å². The summed E-state index contributed by atoms with van der Waals surface area (Å²) in [5.41, 5.74) is 0.0773. The van der Waals surface area contributed by atoms with Crippen LogP contribution in [0.1, 0.15) is 29.7 Å². The van der Waals surface area contributed by atoms with Crippen molar-refractivity contribution in [3.8, 4) is 5.75 Å². The molecular formula is C28H29ClF4N4O2. The molecule has 1 atom stereocenters. The molecule has 1 unspecified atom stereocenters. The van der Waals surface area contributed by atoms with E-state index in [-0.39, 0.29) is 12.5 Å². The Morgan fingerprint density at radius 1 is 1.10 bits per heavy atom. The van der Waals surface area contributed by atoms with E-state index in [0.29, 0.717) is 16.3 Å². The van der Waals surface area contributed by atoms with E-state index in [4.69, 9.17) is 11.6 Å². The molecule has 2 N–H and O–H groups in total. The van der Waals surface area contributed by atoms with Gasteiger partial charge >= 0.3 is 18.6 Å². The second kappa shape index (κ2) is 12.2. The molecule has 6 nitrogen and oxygen atoms in total. The maximum atomic E-state index is 13.8. The molecule has 1 fully saturated rings. The molecule has 0 spiro atoms. The highest BCUT2D eigenvalue weighted by molar-refractivity contribution is 6.30. The number of carbonyl (C=O) groups excluding carboxylic acids is 1. The number of nitrogens with one attached hydrogen (secondary N) is 2. The zero-order valence-corrected chi connectivity index (χ0v) is 22.0. The number of halogens is 5. The van der Waals surface area contributed by atoms with Crippen LogP contribution in [-0.2, 0) is 12.0 Å². The maximum absolute atomic E-state index is 13.8. The van der Waals surface area contributed by atoms with E-state index < -0.39 is 29.9 Å². The number of pyridine rings is 1. The van der Waals surface area contributed by atoms with Crippen molar-refractivity contribution in [2.75, 3.05) is 20.1 Å². The lowest BCUT2D eigenvalue weighted by Gasteiger charge is -2.37. The number of alkyl halides is 4. The number of rotatable bonds is 9. The second-order valence-corrected chi connectivity index (χ2v) is 10.0. The van der Waals surface area contributed by atoms with Crippen LogP contribution in [0.15, 0.2) is 72.9 Å². The third kappa shape index (κ3) is 7.19. The van der Waals surface area contributed by atoms with Crippen LogP contribution in [0.3, 0.4) is 0 Å². The molecule has 11 heteroatoms. The Morgan fingerprint density at radius 2 is 1.82 bits per heavy atom. The zero-order valence-electron chi connectivity index (χ0n) is 21.2. The van der Waals surface area contributed by atoms with Crippen molar-refractivity contribution in [3.63, 3.8) is 0 Å². The molecule has 1 saturated heterocycles. The van der Waals surface area contributed by atoms with Crippen molar-refractivity contribution in [1.82, 2.24) is 20.5 Å². The number of hydrogen-bond acceptors (Lipinski definition) is 4. The number of benzene rings is 2. The standard InChI is InChI=1S/C28H29ClF4N4O2/c1-37-14-12-22(13-15-37)35-26(38)36-27(17-19-6-3-2-4-7-19,24-11-10-21(29)18-34-24)20-8-5-9-23(16-20)39-28(32,33)25(30)31/h2-11,16,18,22,25H,12-15,17H2,1H3,(H2,35,36,38). The average Bonchev–Trinajstić information content (AvgIpc) is 2.90. The quantitative estimate of drug-likeness (QED) is 0.320. The van der Waals surface area contributed by atoms with Gasteiger partial charge in [-0.2, -0.15) is 17.6 Å². The van der Waals surface area contributed by atoms with Gasteiger partial charge in [-0.1, -0.05) is 54.1 Å². The van der Waals surface area contributed by atoms with Crippen molar-refractivity contribution in [3.05, 3.63) is 94.8 Å². The second-order valence-electron chi connectivity index (χ2n) is 9.60. The molecule has 0 saturated carbocycles. The molecule has 3 aromatic rings. The Hall–Kier alpha value is -3.37. The normalized spacial score (nSPS) is 16.5. The lowest BCUT2D eigenvalue weighted by atomic mass is 9.80. The maximum Gasteiger partial charge on any atom is 0.461 e. The van der Waals surface area contributed by atoms with E-state index in [1.54, 1.807) is 18.2 Å². The summed E-state index contributed by atoms with van der Waals surface area (Å²) < 4.78 is 57.7. The molecule has 0 radical (unpaired) electrons. The lowest BCUT2D eigenvalue weighted by Crippen LogP contribution is -2.55. The summed E-state index contributed by atoms with van der Waals surface area (Å²) >= 11 is 6.10. The van der Waals surface area contributed by atoms with E-state index in [9.17, 15) is 22.4 Å². The first kappa shape index (κ1) is 28.6. The Balaban J connectivity index is 1.78. The van der Waals surface area contributed by atoms with E-state index in [1.165, 1.54) is 18.3 Å². The van der Waals surface area contributed by atoms with Gasteiger partial charge in [0.1, 0.15) is 11.3 Å². The molecule has 2 aromatic carbocycles. The number of urea groups is 1. The minimum Gasteiger partial charge on any atom is -0.428 e. The highest BCUT2D eigenvalue weighted by Crippen LogP contribution is 2.36. The predicted molar refractivity (Wildman–Crippen MR) is 140 cm³/mol. The summed E-state index contributed by atoms with van der Waals surface area (Å²) in [7, 11) is 2.01. The van der Waals surface area contributed by atoms with E-state index in [1.807, 2.05) is 37.4 Å². The Bertz CT molecular complexity index is 1240. The van der Waals surface area contributed by atoms with E-state index in [0.717, 1.165) is 37.6 Å². The van der Waals surface area contributed by atoms with Gasteiger partial charge in [0.15, 0.2) is 0 Å². The van der Waals surface area contributed by atoms with Crippen molar-refractivity contribution >= 4 is 17.6 Å². The SMILES string of the molecule is CN1CCC(NC(=O)NC(Cc2ccccc2)(c2cccc(OC(F)(F)C(F)F)c2)c2ccc(Cl)cn2)CC1. The highest BCUT2D eigenvalue weighted by atomic mass is 35.5. The van der Waals surface area contributed by atoms with Crippen LogP contribution in [0.2, 0.25) is 5.02 Å². The molecular weight excluding hydrogens is 536 g/mol. The van der Waals surface area contributed by atoms with Gasteiger partial charge < -0.3 is 20.3 Å². The third-order valence-electron chi connectivity index (χ3n) is 6.69. The topological polar surface area (TPSA) is 66.5 Å². The molecule has 1 aromatic heterocycles. The van der Waals surface area contributed by atoms with Crippen molar-refractivity contribution in [2.45, 2.75) is 43.4 Å². The number of ether oxygens (including phenoxy) is 1. The van der Waals surface area contributed by atoms with E-state index in [2.05, 4.69) is 25.3 Å². The largest absolute Gasteiger partial charge is 0.461 e. The molecule has 2 heterocycles. The van der Waals surface area contributed by atoms with Gasteiger partial charge in [0.05, 0.1) is 10.7 Å².